The largest absolute Gasteiger partial charge is 0.272 e. The van der Waals surface area contributed by atoms with E-state index in [1.165, 1.54) is 42.6 Å². The van der Waals surface area contributed by atoms with E-state index in [9.17, 15) is 17.6 Å². The van der Waals surface area contributed by atoms with Gasteiger partial charge in [-0.05, 0) is 42.8 Å². The normalized spacial score (nSPS) is 11.8. The number of benzene rings is 3. The summed E-state index contributed by atoms with van der Waals surface area (Å²) < 4.78 is 40.7. The van der Waals surface area contributed by atoms with E-state index in [2.05, 4.69) is 10.5 Å². The van der Waals surface area contributed by atoms with Crippen molar-refractivity contribution in [1.82, 2.24) is 9.73 Å². The Hall–Kier alpha value is -3.07. The second kappa shape index (κ2) is 10.5. The van der Waals surface area contributed by atoms with Crippen molar-refractivity contribution >= 4 is 33.7 Å². The molecule has 0 heterocycles. The minimum atomic E-state index is -4.00. The number of rotatable bonds is 8. The van der Waals surface area contributed by atoms with Crippen LogP contribution in [0.1, 0.15) is 16.7 Å². The summed E-state index contributed by atoms with van der Waals surface area (Å²) in [6, 6.07) is 18.7. The van der Waals surface area contributed by atoms with Gasteiger partial charge in [0.15, 0.2) is 0 Å². The number of amides is 1. The highest BCUT2D eigenvalue weighted by Gasteiger charge is 2.27. The minimum absolute atomic E-state index is 0.0533. The number of carbonyl (C=O) groups excluding carboxylic acids is 1. The molecule has 166 valence electrons. The summed E-state index contributed by atoms with van der Waals surface area (Å²) in [5.74, 6) is -1.07. The molecule has 0 fully saturated rings. The van der Waals surface area contributed by atoms with E-state index in [0.29, 0.717) is 16.1 Å². The SMILES string of the molecule is Cc1ccc(S(=O)(=O)N(CC(=O)N/N=C\c2ccccc2Cl)Cc2ccc(F)cc2)cc1. The number of nitrogens with one attached hydrogen (secondary N) is 1. The quantitative estimate of drug-likeness (QED) is 0.394. The molecule has 0 radical (unpaired) electrons. The molecular formula is C23H21ClFN3O3S. The number of hydrogen-bond donors (Lipinski definition) is 1. The summed E-state index contributed by atoms with van der Waals surface area (Å²) in [6.07, 6.45) is 1.37. The van der Waals surface area contributed by atoms with Gasteiger partial charge >= 0.3 is 0 Å². The molecule has 6 nitrogen and oxygen atoms in total. The first-order valence-corrected chi connectivity index (χ1v) is 11.5. The van der Waals surface area contributed by atoms with Gasteiger partial charge in [0.05, 0.1) is 17.7 Å². The van der Waals surface area contributed by atoms with Gasteiger partial charge in [-0.15, -0.1) is 0 Å². The fraction of sp³-hybridized carbons (Fsp3) is 0.130. The number of sulfonamides is 1. The Labute approximate surface area is 191 Å². The third-order valence-electron chi connectivity index (χ3n) is 4.55. The van der Waals surface area contributed by atoms with Crippen LogP contribution in [-0.4, -0.2) is 31.4 Å². The lowest BCUT2D eigenvalue weighted by Gasteiger charge is -2.21. The monoisotopic (exact) mass is 473 g/mol. The van der Waals surface area contributed by atoms with E-state index >= 15 is 0 Å². The van der Waals surface area contributed by atoms with Crippen molar-refractivity contribution in [2.75, 3.05) is 6.54 Å². The van der Waals surface area contributed by atoms with Crippen LogP contribution in [0.2, 0.25) is 5.02 Å². The van der Waals surface area contributed by atoms with Gasteiger partial charge in [0.25, 0.3) is 5.91 Å². The van der Waals surface area contributed by atoms with Gasteiger partial charge in [-0.1, -0.05) is 59.6 Å². The van der Waals surface area contributed by atoms with Crippen molar-refractivity contribution in [3.63, 3.8) is 0 Å². The fourth-order valence-electron chi connectivity index (χ4n) is 2.83. The first-order valence-electron chi connectivity index (χ1n) is 9.63. The second-order valence-electron chi connectivity index (χ2n) is 7.03. The van der Waals surface area contributed by atoms with E-state index in [0.717, 1.165) is 9.87 Å². The van der Waals surface area contributed by atoms with Crippen molar-refractivity contribution in [3.05, 3.63) is 100 Å². The Morgan fingerprint density at radius 2 is 1.72 bits per heavy atom. The van der Waals surface area contributed by atoms with Crippen LogP contribution in [-0.2, 0) is 21.4 Å². The van der Waals surface area contributed by atoms with Crippen molar-refractivity contribution < 1.29 is 17.6 Å². The molecule has 0 aliphatic rings. The molecule has 3 aromatic carbocycles. The molecule has 0 spiro atoms. The lowest BCUT2D eigenvalue weighted by Crippen LogP contribution is -2.39. The summed E-state index contributed by atoms with van der Waals surface area (Å²) in [5.41, 5.74) is 4.36. The van der Waals surface area contributed by atoms with Gasteiger partial charge in [0, 0.05) is 17.1 Å². The molecule has 0 aliphatic carbocycles. The van der Waals surface area contributed by atoms with Crippen LogP contribution in [0.3, 0.4) is 0 Å². The summed E-state index contributed by atoms with van der Waals surface area (Å²) >= 11 is 6.05. The number of nitrogens with zero attached hydrogens (tertiary/aromatic N) is 2. The first kappa shape index (κ1) is 23.6. The van der Waals surface area contributed by atoms with Crippen molar-refractivity contribution in [2.45, 2.75) is 18.4 Å². The van der Waals surface area contributed by atoms with Gasteiger partial charge in [-0.3, -0.25) is 4.79 Å². The molecule has 0 unspecified atom stereocenters. The maximum Gasteiger partial charge on any atom is 0.255 e. The molecule has 0 aromatic heterocycles. The zero-order valence-corrected chi connectivity index (χ0v) is 18.8. The van der Waals surface area contributed by atoms with Gasteiger partial charge in [-0.2, -0.15) is 9.41 Å². The maximum atomic E-state index is 13.3. The van der Waals surface area contributed by atoms with E-state index in [1.54, 1.807) is 36.4 Å². The van der Waals surface area contributed by atoms with Crippen LogP contribution < -0.4 is 5.43 Å². The Bertz CT molecular complexity index is 1210. The highest BCUT2D eigenvalue weighted by Crippen LogP contribution is 2.19. The lowest BCUT2D eigenvalue weighted by atomic mass is 10.2. The molecule has 0 saturated carbocycles. The molecular weight excluding hydrogens is 453 g/mol. The first-order chi connectivity index (χ1) is 15.3. The number of aryl methyl sites for hydroxylation is 1. The summed E-state index contributed by atoms with van der Waals surface area (Å²) in [7, 11) is -4.00. The second-order valence-corrected chi connectivity index (χ2v) is 9.37. The predicted molar refractivity (Wildman–Crippen MR) is 122 cm³/mol. The topological polar surface area (TPSA) is 78.8 Å². The van der Waals surface area contributed by atoms with E-state index in [1.807, 2.05) is 6.92 Å². The van der Waals surface area contributed by atoms with Gasteiger partial charge in [0.1, 0.15) is 5.82 Å². The lowest BCUT2D eigenvalue weighted by molar-refractivity contribution is -0.121. The molecule has 3 rings (SSSR count). The Morgan fingerprint density at radius 1 is 1.06 bits per heavy atom. The maximum absolute atomic E-state index is 13.3. The van der Waals surface area contributed by atoms with Crippen LogP contribution in [0.25, 0.3) is 0 Å². The average Bonchev–Trinajstić information content (AvgIpc) is 2.76. The molecule has 9 heteroatoms. The Balaban J connectivity index is 1.80. The number of halogens is 2. The third kappa shape index (κ3) is 6.23. The molecule has 1 amide bonds. The summed E-state index contributed by atoms with van der Waals surface area (Å²) in [4.78, 5) is 12.5. The molecule has 0 saturated heterocycles. The molecule has 32 heavy (non-hydrogen) atoms. The molecule has 1 N–H and O–H groups in total. The van der Waals surface area contributed by atoms with Crippen LogP contribution in [0.5, 0.6) is 0 Å². The Kier molecular flexibility index (Phi) is 7.74. The zero-order valence-electron chi connectivity index (χ0n) is 17.2. The summed E-state index contributed by atoms with van der Waals surface area (Å²) in [6.45, 7) is 1.25. The van der Waals surface area contributed by atoms with Crippen molar-refractivity contribution in [3.8, 4) is 0 Å². The van der Waals surface area contributed by atoms with Crippen molar-refractivity contribution in [1.29, 1.82) is 0 Å². The number of hydrogen-bond acceptors (Lipinski definition) is 4. The number of hydrazone groups is 1. The fourth-order valence-corrected chi connectivity index (χ4v) is 4.40. The highest BCUT2D eigenvalue weighted by atomic mass is 35.5. The molecule has 0 aliphatic heterocycles. The van der Waals surface area contributed by atoms with Crippen molar-refractivity contribution in [2.24, 2.45) is 5.10 Å². The third-order valence-corrected chi connectivity index (χ3v) is 6.70. The predicted octanol–water partition coefficient (Wildman–Crippen LogP) is 4.13. The van der Waals surface area contributed by atoms with Gasteiger partial charge in [0.2, 0.25) is 10.0 Å². The van der Waals surface area contributed by atoms with E-state index < -0.39 is 28.3 Å². The van der Waals surface area contributed by atoms with Crippen LogP contribution in [0.15, 0.2) is 82.8 Å². The smallest absolute Gasteiger partial charge is 0.255 e. The number of carbonyl (C=O) groups is 1. The average molecular weight is 474 g/mol. The summed E-state index contributed by atoms with van der Waals surface area (Å²) in [5, 5.41) is 4.32. The van der Waals surface area contributed by atoms with E-state index in [-0.39, 0.29) is 11.4 Å². The van der Waals surface area contributed by atoms with E-state index in [4.69, 9.17) is 11.6 Å². The van der Waals surface area contributed by atoms with Crippen LogP contribution >= 0.6 is 11.6 Å². The molecule has 0 bridgehead atoms. The van der Waals surface area contributed by atoms with Crippen LogP contribution in [0.4, 0.5) is 4.39 Å². The zero-order chi connectivity index (χ0) is 23.1. The standard InChI is InChI=1S/C23H21ClFN3O3S/c1-17-6-12-21(13-7-17)32(30,31)28(15-18-8-10-20(25)11-9-18)16-23(29)27-26-14-19-4-2-3-5-22(19)24/h2-14H,15-16H2,1H3,(H,27,29)/b26-14-. The van der Waals surface area contributed by atoms with Crippen LogP contribution in [0, 0.1) is 12.7 Å². The molecule has 3 aromatic rings. The molecule has 0 atom stereocenters. The minimum Gasteiger partial charge on any atom is -0.272 e. The highest BCUT2D eigenvalue weighted by molar-refractivity contribution is 7.89. The van der Waals surface area contributed by atoms with Gasteiger partial charge in [-0.25, -0.2) is 18.2 Å². The van der Waals surface area contributed by atoms with Gasteiger partial charge < -0.3 is 0 Å². The Morgan fingerprint density at radius 3 is 2.38 bits per heavy atom.